The van der Waals surface area contributed by atoms with Crippen molar-refractivity contribution in [3.63, 3.8) is 0 Å². The zero-order chi connectivity index (χ0) is 56.4. The topological polar surface area (TPSA) is 25.5 Å². The van der Waals surface area contributed by atoms with E-state index in [1.807, 2.05) is 24.3 Å². The van der Waals surface area contributed by atoms with Crippen LogP contribution in [0.1, 0.15) is 83.2 Å². The molecule has 12 rings (SSSR count). The molecule has 9 aromatic carbocycles. The molecule has 2 heteroatoms. The third kappa shape index (κ3) is 11.3. The van der Waals surface area contributed by atoms with Crippen LogP contribution in [0.15, 0.2) is 289 Å². The smallest absolute Gasteiger partial charge is 0.157 e. The second-order valence-corrected chi connectivity index (χ2v) is 21.1. The van der Waals surface area contributed by atoms with Gasteiger partial charge in [0.2, 0.25) is 0 Å². The van der Waals surface area contributed by atoms with Crippen molar-refractivity contribution in [3.05, 3.63) is 324 Å². The molecule has 0 aliphatic heterocycles. The van der Waals surface area contributed by atoms with E-state index in [1.54, 1.807) is 0 Å². The highest BCUT2D eigenvalue weighted by atomic mass is 16.3. The van der Waals surface area contributed by atoms with E-state index in [-0.39, 0.29) is 5.92 Å². The fourth-order valence-corrected chi connectivity index (χ4v) is 12.0. The van der Waals surface area contributed by atoms with Crippen LogP contribution in [-0.4, -0.2) is 5.71 Å². The molecule has 2 aliphatic carbocycles. The van der Waals surface area contributed by atoms with E-state index in [2.05, 4.69) is 270 Å². The zero-order valence-electron chi connectivity index (χ0n) is 47.0. The van der Waals surface area contributed by atoms with Gasteiger partial charge in [-0.15, -0.1) is 12.8 Å². The van der Waals surface area contributed by atoms with Crippen LogP contribution in [0, 0.1) is 19.8 Å². The number of rotatable bonds is 13. The number of fused-ring (bicyclic) bond motifs is 8. The summed E-state index contributed by atoms with van der Waals surface area (Å²) in [5.41, 5.74) is 18.8. The van der Waals surface area contributed by atoms with E-state index in [9.17, 15) is 0 Å². The van der Waals surface area contributed by atoms with E-state index in [1.165, 1.54) is 76.8 Å². The molecule has 1 heterocycles. The molecular weight excluding hydrogens is 991 g/mol. The lowest BCUT2D eigenvalue weighted by Crippen LogP contribution is -2.09. The normalized spacial score (nSPS) is 15.8. The van der Waals surface area contributed by atoms with Gasteiger partial charge < -0.3 is 4.42 Å². The predicted octanol–water partition coefficient (Wildman–Crippen LogP) is 21.4. The molecular formula is C80H67NO. The molecule has 2 nitrogen and oxygen atoms in total. The molecule has 0 fully saturated rings. The van der Waals surface area contributed by atoms with Crippen LogP contribution in [0.3, 0.4) is 0 Å². The highest BCUT2D eigenvalue weighted by molar-refractivity contribution is 6.26. The van der Waals surface area contributed by atoms with Crippen LogP contribution in [0.25, 0.3) is 76.8 Å². The predicted molar refractivity (Wildman–Crippen MR) is 353 cm³/mol. The number of terminal acetylenes is 1. The van der Waals surface area contributed by atoms with E-state index in [0.29, 0.717) is 5.70 Å². The molecule has 10 aromatic rings. The van der Waals surface area contributed by atoms with Crippen LogP contribution in [0.5, 0.6) is 0 Å². The number of allylic oxidation sites excluding steroid dienone is 15. The van der Waals surface area contributed by atoms with E-state index in [0.717, 1.165) is 94.4 Å². The van der Waals surface area contributed by atoms with Gasteiger partial charge in [0, 0.05) is 16.5 Å². The fourth-order valence-electron chi connectivity index (χ4n) is 12.0. The van der Waals surface area contributed by atoms with E-state index < -0.39 is 0 Å². The summed E-state index contributed by atoms with van der Waals surface area (Å²) in [6.07, 6.45) is 40.2. The molecule has 1 unspecified atom stereocenters. The van der Waals surface area contributed by atoms with Crippen LogP contribution >= 0.6 is 0 Å². The summed E-state index contributed by atoms with van der Waals surface area (Å²) in [4.78, 5) is 5.32. The molecule has 0 radical (unpaired) electrons. The van der Waals surface area contributed by atoms with Gasteiger partial charge in [-0.3, -0.25) is 0 Å². The maximum absolute atomic E-state index is 7.17. The van der Waals surface area contributed by atoms with Crippen molar-refractivity contribution in [2.45, 2.75) is 58.3 Å². The minimum absolute atomic E-state index is 0.243. The first-order valence-electron chi connectivity index (χ1n) is 28.7. The molecule has 398 valence electrons. The van der Waals surface area contributed by atoms with Crippen molar-refractivity contribution < 1.29 is 4.42 Å². The van der Waals surface area contributed by atoms with Crippen molar-refractivity contribution in [2.75, 3.05) is 0 Å². The number of aliphatic imine (C=N–C) groups is 1. The highest BCUT2D eigenvalue weighted by Crippen LogP contribution is 2.43. The standard InChI is InChI=1S/C78H65NO.C2H2/c1-5-7-25-56(24-6-2)60-38-41-61(42-39-60)77(79-54(4)55-26-14-10-15-27-55)78-53(3)67-46-45-65(51-76(67)80-78)73-52-75-72-37-23-21-35-70(72)69-34-20-22-36-71(69)74(75)50-66(73)49-63-33-19-18-32-59(57-28-12-8-9-13-29-57)40-43-64-48-62(44-47-68(63)64)58-30-16-11-17-31-58;1-2/h6-8,10-18,20-32,34-42,44-48,50-52,63H,2,4-5,9,19,33,43,49H2,1,3H3;1-2H/b25-7-,32-18-,56-24+,59-40+,79-77?;. The lowest BCUT2D eigenvalue weighted by molar-refractivity contribution is 0.602. The molecule has 0 saturated heterocycles. The second-order valence-electron chi connectivity index (χ2n) is 21.1. The summed E-state index contributed by atoms with van der Waals surface area (Å²) in [7, 11) is 0. The van der Waals surface area contributed by atoms with Gasteiger partial charge in [-0.05, 0) is 169 Å². The third-order valence-corrected chi connectivity index (χ3v) is 16.1. The van der Waals surface area contributed by atoms with Gasteiger partial charge in [-0.25, -0.2) is 4.99 Å². The molecule has 1 atom stereocenters. The van der Waals surface area contributed by atoms with Crippen LogP contribution in [0.4, 0.5) is 0 Å². The molecule has 1 aromatic heterocycles. The zero-order valence-corrected chi connectivity index (χ0v) is 47.0. The van der Waals surface area contributed by atoms with Crippen LogP contribution in [-0.2, 0) is 12.8 Å². The molecule has 0 N–H and O–H groups in total. The lowest BCUT2D eigenvalue weighted by atomic mass is 9.80. The first-order chi connectivity index (χ1) is 40.4. The van der Waals surface area contributed by atoms with E-state index >= 15 is 0 Å². The third-order valence-electron chi connectivity index (χ3n) is 16.1. The Balaban J connectivity index is 0.00000349. The number of furan rings is 1. The maximum atomic E-state index is 7.17. The van der Waals surface area contributed by atoms with Crippen LogP contribution in [0.2, 0.25) is 0 Å². The Morgan fingerprint density at radius 1 is 0.634 bits per heavy atom. The van der Waals surface area contributed by atoms with Crippen LogP contribution < -0.4 is 0 Å². The van der Waals surface area contributed by atoms with Crippen molar-refractivity contribution in [1.82, 2.24) is 0 Å². The Labute approximate surface area is 484 Å². The molecule has 0 spiro atoms. The number of hydrogen-bond acceptors (Lipinski definition) is 2. The molecule has 82 heavy (non-hydrogen) atoms. The Morgan fingerprint density at radius 3 is 2.01 bits per heavy atom. The highest BCUT2D eigenvalue weighted by Gasteiger charge is 2.24. The minimum atomic E-state index is 0.243. The van der Waals surface area contributed by atoms with Crippen molar-refractivity contribution in [2.24, 2.45) is 4.99 Å². The SMILES string of the molecule is C#C.C=C/C=C(\C=C/CC)c1ccc(C(=NC(=C)c2ccccc2)c2oc3cc(-c4cc5c6ccccc6c6ccccc6c5cc4CC4CC/C=C\C(C5=CC=CCC=C5)=C/Cc5cc(-c6ccccc6)ccc54)ccc3c2C)cc1. The average molecular weight is 1060 g/mol. The Kier molecular flexibility index (Phi) is 16.6. The lowest BCUT2D eigenvalue weighted by Gasteiger charge is -2.24. The summed E-state index contributed by atoms with van der Waals surface area (Å²) in [6.45, 7) is 12.8. The first kappa shape index (κ1) is 54.2. The summed E-state index contributed by atoms with van der Waals surface area (Å²) in [5, 5.41) is 8.65. The molecule has 0 saturated carbocycles. The Morgan fingerprint density at radius 2 is 1.29 bits per heavy atom. The van der Waals surface area contributed by atoms with Gasteiger partial charge in [0.25, 0.3) is 0 Å². The summed E-state index contributed by atoms with van der Waals surface area (Å²) >= 11 is 0. The van der Waals surface area contributed by atoms with Gasteiger partial charge >= 0.3 is 0 Å². The van der Waals surface area contributed by atoms with Gasteiger partial charge in [0.1, 0.15) is 11.3 Å². The Bertz CT molecular complexity index is 4310. The van der Waals surface area contributed by atoms with Gasteiger partial charge in [0.15, 0.2) is 5.76 Å². The maximum Gasteiger partial charge on any atom is 0.157 e. The fraction of sp³-hybridized carbons (Fsp3) is 0.113. The van der Waals surface area contributed by atoms with Gasteiger partial charge in [-0.1, -0.05) is 257 Å². The number of aryl methyl sites for hydroxylation is 1. The molecule has 2 aliphatic rings. The summed E-state index contributed by atoms with van der Waals surface area (Å²) < 4.78 is 7.17. The molecule has 0 bridgehead atoms. The minimum Gasteiger partial charge on any atom is -0.454 e. The Hall–Kier alpha value is -9.81. The van der Waals surface area contributed by atoms with Crippen molar-refractivity contribution >= 4 is 60.3 Å². The first-order valence-corrected chi connectivity index (χ1v) is 28.7. The number of nitrogens with zero attached hydrogens (tertiary/aromatic N) is 1. The largest absolute Gasteiger partial charge is 0.454 e. The quantitative estimate of drug-likeness (QED) is 0.0489. The van der Waals surface area contributed by atoms with Crippen molar-refractivity contribution in [3.8, 4) is 35.1 Å². The number of hydrogen-bond donors (Lipinski definition) is 0. The van der Waals surface area contributed by atoms with Gasteiger partial charge in [0.05, 0.1) is 5.70 Å². The monoisotopic (exact) mass is 1060 g/mol. The summed E-state index contributed by atoms with van der Waals surface area (Å²) in [6, 6.07) is 66.6. The molecule has 0 amide bonds. The number of benzene rings is 9. The average Bonchev–Trinajstić information content (AvgIpc) is 3.83. The van der Waals surface area contributed by atoms with Gasteiger partial charge in [-0.2, -0.15) is 0 Å². The van der Waals surface area contributed by atoms with E-state index in [4.69, 9.17) is 9.41 Å². The van der Waals surface area contributed by atoms with Crippen molar-refractivity contribution in [1.29, 1.82) is 0 Å². The second kappa shape index (κ2) is 25.1. The summed E-state index contributed by atoms with van der Waals surface area (Å²) in [5.74, 6) is 0.972.